The first-order chi connectivity index (χ1) is 17.3. The molecule has 2 aromatic carbocycles. The second-order valence-corrected chi connectivity index (χ2v) is 7.72. The Hall–Kier alpha value is -1.15. The molecule has 0 aliphatic rings. The number of nitrogens with zero attached hydrogens (tertiary/aromatic N) is 1. The fourth-order valence-corrected chi connectivity index (χ4v) is 2.74. The molecule has 0 aliphatic heterocycles. The van der Waals surface area contributed by atoms with Gasteiger partial charge >= 0.3 is 51.4 Å². The Morgan fingerprint density at radius 3 is 2.34 bits per heavy atom. The summed E-state index contributed by atoms with van der Waals surface area (Å²) in [5, 5.41) is 18.0. The van der Waals surface area contributed by atoms with Gasteiger partial charge in [0.15, 0.2) is 5.91 Å². The Labute approximate surface area is 294 Å². The summed E-state index contributed by atoms with van der Waals surface area (Å²) in [7, 11) is 3.22. The molecule has 7 nitrogen and oxygen atoms in total. The van der Waals surface area contributed by atoms with Gasteiger partial charge in [0.2, 0.25) is 0 Å². The number of hydrogen-bond donors (Lipinski definition) is 3. The van der Waals surface area contributed by atoms with Gasteiger partial charge in [-0.25, -0.2) is 6.08 Å². The van der Waals surface area contributed by atoms with Crippen LogP contribution in [0.2, 0.25) is 0 Å². The molecule has 0 saturated carbocycles. The normalized spacial score (nSPS) is 10.1. The number of anilines is 1. The first kappa shape index (κ1) is 39.0. The average molecular weight is 767 g/mol. The maximum absolute atomic E-state index is 11.7. The molecular weight excluding hydrogens is 729 g/mol. The van der Waals surface area contributed by atoms with Crippen LogP contribution in [0, 0.1) is 48.7 Å². The molecule has 0 spiro atoms. The number of allylic oxidation sites excluding steroid dienone is 3. The van der Waals surface area contributed by atoms with Gasteiger partial charge in [-0.2, -0.15) is 0 Å². The van der Waals surface area contributed by atoms with Gasteiger partial charge in [0.25, 0.3) is 0 Å². The Bertz CT molecular complexity index is 1020. The molecule has 0 bridgehead atoms. The number of ether oxygens (including phenoxy) is 2. The van der Waals surface area contributed by atoms with Gasteiger partial charge in [-0.05, 0) is 24.4 Å². The minimum atomic E-state index is -0.438. The maximum Gasteiger partial charge on any atom is 1.00 e. The summed E-state index contributed by atoms with van der Waals surface area (Å²) in [6.07, 6.45) is 11.4. The van der Waals surface area contributed by atoms with Gasteiger partial charge in [-0.15, -0.1) is 55.1 Å². The monoisotopic (exact) mass is 766 g/mol. The zero-order chi connectivity index (χ0) is 26.8. The Kier molecular flexibility index (Phi) is 24.3. The van der Waals surface area contributed by atoms with E-state index in [9.17, 15) is 4.79 Å². The van der Waals surface area contributed by atoms with E-state index in [1.165, 1.54) is 6.08 Å². The summed E-state index contributed by atoms with van der Waals surface area (Å²) in [5.74, 6) is 0.985. The molecule has 0 atom stereocenters. The summed E-state index contributed by atoms with van der Waals surface area (Å²) in [5.41, 5.74) is 2.36. The number of carbonyl (C=O) groups is 1. The second kappa shape index (κ2) is 23.7. The summed E-state index contributed by atoms with van der Waals surface area (Å²) in [4.78, 5) is 11.7. The van der Waals surface area contributed by atoms with Crippen LogP contribution < -0.4 is 71.5 Å². The summed E-state index contributed by atoms with van der Waals surface area (Å²) in [6, 6.07) is 13.3. The number of rotatable bonds is 13. The SMILES string of the molecule is C=CC=[C-]c1ccc(OC)c(OC)c1.CC[C-]=CC(=N)C(=O)Nc1ccc([N-]CCNC(C)C)cc1.[K+].[U]. The zero-order valence-corrected chi connectivity index (χ0v) is 30.6. The van der Waals surface area contributed by atoms with Crippen LogP contribution in [-0.2, 0) is 4.79 Å². The average Bonchev–Trinajstić information content (AvgIpc) is 2.89. The van der Waals surface area contributed by atoms with Crippen LogP contribution in [-0.4, -0.2) is 45.0 Å². The molecule has 1 amide bonds. The Morgan fingerprint density at radius 1 is 1.13 bits per heavy atom. The van der Waals surface area contributed by atoms with Crippen molar-refractivity contribution in [2.24, 2.45) is 0 Å². The minimum Gasteiger partial charge on any atom is -0.683 e. The van der Waals surface area contributed by atoms with Crippen molar-refractivity contribution in [3.8, 4) is 11.5 Å². The van der Waals surface area contributed by atoms with Gasteiger partial charge in [-0.1, -0.05) is 45.0 Å². The van der Waals surface area contributed by atoms with Crippen LogP contribution >= 0.6 is 0 Å². The van der Waals surface area contributed by atoms with E-state index >= 15 is 0 Å². The third kappa shape index (κ3) is 16.7. The molecule has 0 heterocycles. The molecular formula is C29H37KN4O3U-2. The van der Waals surface area contributed by atoms with Crippen molar-refractivity contribution < 1.29 is 96.8 Å². The molecule has 0 saturated heterocycles. The standard InChI is InChI=1S/C17H25N4O.C12H13O2.K.U/c1-4-5-6-16(18)17(22)21-15-9-7-14(8-10-15)20-12-11-19-13(2)3;1-4-5-6-10-7-8-11(13-2)12(9-10)14-3;;/h6-10,13,19H,4,11-12H2,1-3H3,(H3,18,20,21,22);4-5,7-9H,1H2,2-3H3;;/q2*-1;+1;/p-1. The molecule has 38 heavy (non-hydrogen) atoms. The van der Waals surface area contributed by atoms with Gasteiger partial charge in [-0.3, -0.25) is 10.9 Å². The van der Waals surface area contributed by atoms with Crippen LogP contribution in [0.25, 0.3) is 5.32 Å². The van der Waals surface area contributed by atoms with Crippen molar-refractivity contribution in [3.63, 3.8) is 0 Å². The predicted molar refractivity (Wildman–Crippen MR) is 149 cm³/mol. The summed E-state index contributed by atoms with van der Waals surface area (Å²) >= 11 is 0. The van der Waals surface area contributed by atoms with E-state index in [0.29, 0.717) is 30.4 Å². The van der Waals surface area contributed by atoms with Crippen LogP contribution in [0.4, 0.5) is 11.4 Å². The number of methoxy groups -OCH3 is 2. The molecule has 2 rings (SSSR count). The molecule has 2 aromatic rings. The smallest absolute Gasteiger partial charge is 0.683 e. The third-order valence-corrected chi connectivity index (χ3v) is 4.53. The van der Waals surface area contributed by atoms with Gasteiger partial charge in [0, 0.05) is 42.8 Å². The molecule has 9 heteroatoms. The van der Waals surface area contributed by atoms with E-state index in [4.69, 9.17) is 14.9 Å². The fraction of sp³-hybridized carbons (Fsp3) is 0.310. The van der Waals surface area contributed by atoms with E-state index < -0.39 is 5.91 Å². The number of amides is 1. The van der Waals surface area contributed by atoms with Crippen molar-refractivity contribution in [1.29, 1.82) is 5.41 Å². The van der Waals surface area contributed by atoms with Gasteiger partial charge in [0.05, 0.1) is 14.2 Å². The number of nitrogens with one attached hydrogen (secondary N) is 3. The zero-order valence-electron chi connectivity index (χ0n) is 23.4. The molecule has 198 valence electrons. The van der Waals surface area contributed by atoms with Crippen LogP contribution in [0.5, 0.6) is 11.5 Å². The van der Waals surface area contributed by atoms with Crippen LogP contribution in [0.15, 0.2) is 67.3 Å². The molecule has 0 aromatic heterocycles. The van der Waals surface area contributed by atoms with Crippen molar-refractivity contribution in [2.45, 2.75) is 33.2 Å². The Morgan fingerprint density at radius 2 is 1.79 bits per heavy atom. The quantitative estimate of drug-likeness (QED) is 0.0962. The number of carbonyl (C=O) groups excluding carboxylic acids is 1. The van der Waals surface area contributed by atoms with Crippen molar-refractivity contribution in [3.05, 3.63) is 90.3 Å². The van der Waals surface area contributed by atoms with Crippen molar-refractivity contribution in [1.82, 2.24) is 5.32 Å². The van der Waals surface area contributed by atoms with E-state index in [1.807, 2.05) is 37.3 Å². The minimum absolute atomic E-state index is 0. The maximum atomic E-state index is 11.7. The van der Waals surface area contributed by atoms with E-state index in [0.717, 1.165) is 23.5 Å². The van der Waals surface area contributed by atoms with E-state index in [2.05, 4.69) is 48.5 Å². The predicted octanol–water partition coefficient (Wildman–Crippen LogP) is 3.02. The number of hydrogen-bond acceptors (Lipinski definition) is 5. The van der Waals surface area contributed by atoms with Crippen molar-refractivity contribution in [2.75, 3.05) is 32.6 Å². The molecule has 0 radical (unpaired) electrons. The molecule has 3 N–H and O–H groups in total. The Balaban J connectivity index is 0. The second-order valence-electron chi connectivity index (χ2n) is 7.72. The fourth-order valence-electron chi connectivity index (χ4n) is 2.74. The van der Waals surface area contributed by atoms with Gasteiger partial charge in [0.1, 0.15) is 11.5 Å². The number of benzene rings is 2. The third-order valence-electron chi connectivity index (χ3n) is 4.53. The van der Waals surface area contributed by atoms with Crippen molar-refractivity contribution >= 4 is 23.0 Å². The van der Waals surface area contributed by atoms with Crippen LogP contribution in [0.3, 0.4) is 0 Å². The summed E-state index contributed by atoms with van der Waals surface area (Å²) < 4.78 is 10.3. The first-order valence-corrected chi connectivity index (χ1v) is 11.7. The van der Waals surface area contributed by atoms with Gasteiger partial charge < -0.3 is 30.8 Å². The first-order valence-electron chi connectivity index (χ1n) is 11.7. The molecule has 0 unspecified atom stereocenters. The molecule has 0 aliphatic carbocycles. The largest absolute Gasteiger partial charge is 1.00 e. The summed E-state index contributed by atoms with van der Waals surface area (Å²) in [6.45, 7) is 11.2. The van der Waals surface area contributed by atoms with E-state index in [1.54, 1.807) is 38.5 Å². The van der Waals surface area contributed by atoms with Crippen LogP contribution in [0.1, 0.15) is 32.8 Å². The topological polar surface area (TPSA) is 97.5 Å². The molecule has 0 fully saturated rings. The van der Waals surface area contributed by atoms with E-state index in [-0.39, 0.29) is 88.2 Å².